The van der Waals surface area contributed by atoms with Crippen LogP contribution >= 0.6 is 0 Å². The monoisotopic (exact) mass is 210 g/mol. The summed E-state index contributed by atoms with van der Waals surface area (Å²) in [6.45, 7) is 1.87. The van der Waals surface area contributed by atoms with Gasteiger partial charge >= 0.3 is 0 Å². The third-order valence-electron chi connectivity index (χ3n) is 3.35. The van der Waals surface area contributed by atoms with E-state index >= 15 is 0 Å². The lowest BCUT2D eigenvalue weighted by molar-refractivity contribution is 0.437. The number of hydrogen-bond donors (Lipinski definition) is 0. The average molecular weight is 210 g/mol. The molecule has 1 aromatic rings. The van der Waals surface area contributed by atoms with Crippen molar-refractivity contribution in [2.75, 3.05) is 0 Å². The largest absolute Gasteiger partial charge is 0.204 e. The highest BCUT2D eigenvalue weighted by atomic mass is 19.2. The maximum absolute atomic E-state index is 13.1. The van der Waals surface area contributed by atoms with Crippen molar-refractivity contribution in [3.05, 3.63) is 34.9 Å². The third-order valence-corrected chi connectivity index (χ3v) is 3.35. The molecule has 0 aromatic heterocycles. The van der Waals surface area contributed by atoms with Gasteiger partial charge in [0, 0.05) is 0 Å². The van der Waals surface area contributed by atoms with Crippen LogP contribution in [0, 0.1) is 18.6 Å². The summed E-state index contributed by atoms with van der Waals surface area (Å²) in [7, 11) is 0. The van der Waals surface area contributed by atoms with Crippen LogP contribution in [0.3, 0.4) is 0 Å². The SMILES string of the molecule is Cc1cc(F)c(F)cc1C1CCCCC1. The second-order valence-electron chi connectivity index (χ2n) is 4.46. The van der Waals surface area contributed by atoms with E-state index in [0.29, 0.717) is 5.92 Å². The van der Waals surface area contributed by atoms with Gasteiger partial charge in [-0.15, -0.1) is 0 Å². The van der Waals surface area contributed by atoms with Gasteiger partial charge in [-0.1, -0.05) is 19.3 Å². The van der Waals surface area contributed by atoms with Gasteiger partial charge in [-0.3, -0.25) is 0 Å². The van der Waals surface area contributed by atoms with Gasteiger partial charge < -0.3 is 0 Å². The lowest BCUT2D eigenvalue weighted by atomic mass is 9.82. The number of aryl methyl sites for hydroxylation is 1. The zero-order valence-corrected chi connectivity index (χ0v) is 9.02. The molecular formula is C13H16F2. The lowest BCUT2D eigenvalue weighted by Crippen LogP contribution is -2.07. The molecule has 15 heavy (non-hydrogen) atoms. The molecule has 1 aliphatic rings. The Hall–Kier alpha value is -0.920. The van der Waals surface area contributed by atoms with E-state index in [-0.39, 0.29) is 0 Å². The molecule has 0 unspecified atom stereocenters. The summed E-state index contributed by atoms with van der Waals surface area (Å²) in [5.41, 5.74) is 1.90. The van der Waals surface area contributed by atoms with E-state index in [1.165, 1.54) is 31.4 Å². The van der Waals surface area contributed by atoms with Crippen molar-refractivity contribution in [3.8, 4) is 0 Å². The highest BCUT2D eigenvalue weighted by Gasteiger charge is 2.19. The molecule has 1 fully saturated rings. The molecule has 0 N–H and O–H groups in total. The first kappa shape index (κ1) is 10.6. The molecule has 0 radical (unpaired) electrons. The molecule has 0 amide bonds. The first-order valence-corrected chi connectivity index (χ1v) is 5.64. The zero-order valence-electron chi connectivity index (χ0n) is 9.02. The summed E-state index contributed by atoms with van der Waals surface area (Å²) in [5.74, 6) is -0.998. The van der Waals surface area contributed by atoms with Crippen molar-refractivity contribution < 1.29 is 8.78 Å². The molecule has 0 atom stereocenters. The molecule has 0 saturated heterocycles. The van der Waals surface area contributed by atoms with Crippen molar-refractivity contribution in [1.29, 1.82) is 0 Å². The molecule has 82 valence electrons. The highest BCUT2D eigenvalue weighted by molar-refractivity contribution is 5.31. The van der Waals surface area contributed by atoms with Crippen LogP contribution in [0.4, 0.5) is 8.78 Å². The van der Waals surface area contributed by atoms with Crippen molar-refractivity contribution in [2.24, 2.45) is 0 Å². The Kier molecular flexibility index (Phi) is 3.03. The fourth-order valence-electron chi connectivity index (χ4n) is 2.52. The Balaban J connectivity index is 2.30. The van der Waals surface area contributed by atoms with Crippen LogP contribution in [-0.4, -0.2) is 0 Å². The molecule has 2 rings (SSSR count). The Labute approximate surface area is 89.3 Å². The molecule has 1 aliphatic carbocycles. The summed E-state index contributed by atoms with van der Waals surface area (Å²) >= 11 is 0. The Morgan fingerprint density at radius 3 is 2.27 bits per heavy atom. The summed E-state index contributed by atoms with van der Waals surface area (Å²) in [5, 5.41) is 0. The van der Waals surface area contributed by atoms with E-state index in [9.17, 15) is 8.78 Å². The predicted octanol–water partition coefficient (Wildman–Crippen LogP) is 4.32. The number of benzene rings is 1. The van der Waals surface area contributed by atoms with Gasteiger partial charge in [0.2, 0.25) is 0 Å². The Morgan fingerprint density at radius 1 is 1.00 bits per heavy atom. The van der Waals surface area contributed by atoms with Gasteiger partial charge in [-0.2, -0.15) is 0 Å². The molecule has 0 bridgehead atoms. The summed E-state index contributed by atoms with van der Waals surface area (Å²) in [4.78, 5) is 0. The van der Waals surface area contributed by atoms with Crippen LogP contribution in [0.25, 0.3) is 0 Å². The van der Waals surface area contributed by atoms with Crippen molar-refractivity contribution in [3.63, 3.8) is 0 Å². The minimum absolute atomic E-state index is 0.439. The van der Waals surface area contributed by atoms with Crippen LogP contribution in [-0.2, 0) is 0 Å². The van der Waals surface area contributed by atoms with Gasteiger partial charge in [0.1, 0.15) is 0 Å². The molecule has 0 heterocycles. The standard InChI is InChI=1S/C13H16F2/c1-9-7-12(14)13(15)8-11(9)10-5-3-2-4-6-10/h7-8,10H,2-6H2,1H3. The molecule has 2 heteroatoms. The van der Waals surface area contributed by atoms with E-state index in [0.717, 1.165) is 24.0 Å². The van der Waals surface area contributed by atoms with Crippen LogP contribution < -0.4 is 0 Å². The molecule has 0 nitrogen and oxygen atoms in total. The Morgan fingerprint density at radius 2 is 1.60 bits per heavy atom. The molecule has 0 aliphatic heterocycles. The van der Waals surface area contributed by atoms with Gasteiger partial charge in [0.25, 0.3) is 0 Å². The van der Waals surface area contributed by atoms with E-state index in [4.69, 9.17) is 0 Å². The minimum atomic E-state index is -0.730. The third kappa shape index (κ3) is 2.19. The Bertz CT molecular complexity index is 352. The maximum Gasteiger partial charge on any atom is 0.159 e. The smallest absolute Gasteiger partial charge is 0.159 e. The number of hydrogen-bond acceptors (Lipinski definition) is 0. The summed E-state index contributed by atoms with van der Waals surface area (Å²) in [6, 6.07) is 2.71. The maximum atomic E-state index is 13.1. The van der Waals surface area contributed by atoms with Gasteiger partial charge in [0.05, 0.1) is 0 Å². The normalized spacial score (nSPS) is 18.1. The lowest BCUT2D eigenvalue weighted by Gasteiger charge is -2.23. The molecule has 1 saturated carbocycles. The van der Waals surface area contributed by atoms with Crippen LogP contribution in [0.15, 0.2) is 12.1 Å². The van der Waals surface area contributed by atoms with Gasteiger partial charge in [-0.05, 0) is 48.9 Å². The average Bonchev–Trinajstić information content (AvgIpc) is 2.25. The van der Waals surface area contributed by atoms with Crippen molar-refractivity contribution >= 4 is 0 Å². The first-order chi connectivity index (χ1) is 7.18. The van der Waals surface area contributed by atoms with E-state index < -0.39 is 11.6 Å². The summed E-state index contributed by atoms with van der Waals surface area (Å²) in [6.07, 6.45) is 5.93. The van der Waals surface area contributed by atoms with E-state index in [1.807, 2.05) is 6.92 Å². The topological polar surface area (TPSA) is 0 Å². The van der Waals surface area contributed by atoms with Gasteiger partial charge in [-0.25, -0.2) is 8.78 Å². The highest BCUT2D eigenvalue weighted by Crippen LogP contribution is 2.34. The predicted molar refractivity (Wildman–Crippen MR) is 56.9 cm³/mol. The molecular weight excluding hydrogens is 194 g/mol. The minimum Gasteiger partial charge on any atom is -0.204 e. The van der Waals surface area contributed by atoms with Gasteiger partial charge in [0.15, 0.2) is 11.6 Å². The summed E-state index contributed by atoms with van der Waals surface area (Å²) < 4.78 is 26.1. The number of rotatable bonds is 1. The van der Waals surface area contributed by atoms with E-state index in [2.05, 4.69) is 0 Å². The fraction of sp³-hybridized carbons (Fsp3) is 0.538. The number of halogens is 2. The fourth-order valence-corrected chi connectivity index (χ4v) is 2.52. The first-order valence-electron chi connectivity index (χ1n) is 5.64. The zero-order chi connectivity index (χ0) is 10.8. The van der Waals surface area contributed by atoms with Crippen LogP contribution in [0.2, 0.25) is 0 Å². The van der Waals surface area contributed by atoms with E-state index in [1.54, 1.807) is 0 Å². The second kappa shape index (κ2) is 4.30. The quantitative estimate of drug-likeness (QED) is 0.647. The van der Waals surface area contributed by atoms with Crippen molar-refractivity contribution in [1.82, 2.24) is 0 Å². The van der Waals surface area contributed by atoms with Crippen molar-refractivity contribution in [2.45, 2.75) is 44.9 Å². The second-order valence-corrected chi connectivity index (χ2v) is 4.46. The molecule has 1 aromatic carbocycles. The molecule has 0 spiro atoms. The van der Waals surface area contributed by atoms with Crippen LogP contribution in [0.5, 0.6) is 0 Å². The van der Waals surface area contributed by atoms with Crippen LogP contribution in [0.1, 0.15) is 49.1 Å².